The second-order valence-electron chi connectivity index (χ2n) is 6.01. The summed E-state index contributed by atoms with van der Waals surface area (Å²) >= 11 is 0. The quantitative estimate of drug-likeness (QED) is 0.245. The summed E-state index contributed by atoms with van der Waals surface area (Å²) in [6.07, 6.45) is 0. The van der Waals surface area contributed by atoms with Gasteiger partial charge in [0.25, 0.3) is 0 Å². The van der Waals surface area contributed by atoms with Gasteiger partial charge in [-0.05, 0) is 24.6 Å². The van der Waals surface area contributed by atoms with E-state index in [2.05, 4.69) is 0 Å². The number of fused-ring (bicyclic) bond motifs is 6. The molecule has 2 heterocycles. The molecule has 5 heteroatoms. The van der Waals surface area contributed by atoms with Crippen molar-refractivity contribution in [3.63, 3.8) is 0 Å². The number of nitrogens with zero attached hydrogens (tertiary/aromatic N) is 1. The molecule has 0 unspecified atom stereocenters. The van der Waals surface area contributed by atoms with Gasteiger partial charge in [-0.15, -0.1) is 0 Å². The second kappa shape index (κ2) is 4.77. The Hall–Kier alpha value is -3.47. The van der Waals surface area contributed by atoms with E-state index in [1.165, 1.54) is 12.1 Å². The lowest BCUT2D eigenvalue weighted by molar-refractivity contribution is 0.559. The smallest absolute Gasteiger partial charge is 0.336 e. The van der Waals surface area contributed by atoms with Gasteiger partial charge in [0.15, 0.2) is 16.8 Å². The Kier molecular flexibility index (Phi) is 2.65. The Morgan fingerprint density at radius 2 is 1.64 bits per heavy atom. The highest BCUT2D eigenvalue weighted by Gasteiger charge is 2.17. The van der Waals surface area contributed by atoms with Gasteiger partial charge in [0.2, 0.25) is 0 Å². The number of hydrogen-bond donors (Lipinski definition) is 0. The Morgan fingerprint density at radius 1 is 0.880 bits per heavy atom. The van der Waals surface area contributed by atoms with Gasteiger partial charge < -0.3 is 8.83 Å². The zero-order valence-electron chi connectivity index (χ0n) is 13.2. The van der Waals surface area contributed by atoms with Crippen molar-refractivity contribution in [1.29, 1.82) is 0 Å². The summed E-state index contributed by atoms with van der Waals surface area (Å²) in [4.78, 5) is 28.7. The predicted octanol–water partition coefficient (Wildman–Crippen LogP) is 3.86. The van der Waals surface area contributed by atoms with Crippen molar-refractivity contribution < 1.29 is 8.83 Å². The molecular weight excluding hydrogens is 318 g/mol. The fourth-order valence-electron chi connectivity index (χ4n) is 3.33. The van der Waals surface area contributed by atoms with Crippen molar-refractivity contribution in [1.82, 2.24) is 4.98 Å². The molecule has 5 rings (SSSR count). The molecule has 25 heavy (non-hydrogen) atoms. The Morgan fingerprint density at radius 3 is 2.48 bits per heavy atom. The molecule has 0 radical (unpaired) electrons. The number of benzene rings is 3. The molecule has 3 aromatic rings. The van der Waals surface area contributed by atoms with Gasteiger partial charge in [-0.1, -0.05) is 24.3 Å². The monoisotopic (exact) mass is 329 g/mol. The van der Waals surface area contributed by atoms with Crippen LogP contribution in [-0.2, 0) is 0 Å². The van der Waals surface area contributed by atoms with Crippen molar-refractivity contribution in [3.05, 3.63) is 74.7 Å². The lowest BCUT2D eigenvalue weighted by atomic mass is 10.0. The van der Waals surface area contributed by atoms with Crippen LogP contribution in [0.4, 0.5) is 0 Å². The van der Waals surface area contributed by atoms with Gasteiger partial charge in [-0.2, -0.15) is 0 Å². The Bertz CT molecular complexity index is 1390. The van der Waals surface area contributed by atoms with Crippen LogP contribution in [0.3, 0.4) is 0 Å². The number of aromatic nitrogens is 1. The molecule has 0 bridgehead atoms. The minimum Gasteiger partial charge on any atom is -0.453 e. The number of hydrogen-bond acceptors (Lipinski definition) is 5. The van der Waals surface area contributed by atoms with Gasteiger partial charge in [0, 0.05) is 22.9 Å². The fourth-order valence-corrected chi connectivity index (χ4v) is 3.33. The molecular formula is C20H11NO4. The summed E-state index contributed by atoms with van der Waals surface area (Å²) < 4.78 is 11.2. The van der Waals surface area contributed by atoms with E-state index in [4.69, 9.17) is 13.8 Å². The zero-order chi connectivity index (χ0) is 17.1. The molecule has 2 aliphatic rings. The van der Waals surface area contributed by atoms with E-state index in [0.717, 1.165) is 16.3 Å². The van der Waals surface area contributed by atoms with E-state index in [9.17, 15) is 9.59 Å². The molecule has 120 valence electrons. The molecule has 2 aromatic carbocycles. The van der Waals surface area contributed by atoms with Gasteiger partial charge in [-0.25, -0.2) is 9.78 Å². The maximum atomic E-state index is 12.3. The van der Waals surface area contributed by atoms with E-state index in [1.807, 2.05) is 25.1 Å². The van der Waals surface area contributed by atoms with E-state index in [-0.39, 0.29) is 5.43 Å². The highest BCUT2D eigenvalue weighted by Crippen LogP contribution is 2.33. The SMILES string of the molecule is Cc1cc(=O)oc2ccc3oc4cc(=O)c5ccccc5c-4nc3c12. The first-order valence-corrected chi connectivity index (χ1v) is 7.81. The first-order chi connectivity index (χ1) is 12.1. The van der Waals surface area contributed by atoms with E-state index in [0.29, 0.717) is 33.5 Å². The summed E-state index contributed by atoms with van der Waals surface area (Å²) in [6.45, 7) is 1.84. The molecule has 1 aliphatic heterocycles. The fraction of sp³-hybridized carbons (Fsp3) is 0.0500. The molecule has 0 N–H and O–H groups in total. The minimum absolute atomic E-state index is 0.101. The molecule has 0 amide bonds. The van der Waals surface area contributed by atoms with Gasteiger partial charge in [0.1, 0.15) is 16.8 Å². The first kappa shape index (κ1) is 13.9. The number of rotatable bonds is 0. The minimum atomic E-state index is -0.400. The molecule has 0 spiro atoms. The first-order valence-electron chi connectivity index (χ1n) is 7.81. The summed E-state index contributed by atoms with van der Waals surface area (Å²) in [7, 11) is 0. The summed E-state index contributed by atoms with van der Waals surface area (Å²) in [5.41, 5.74) is 2.48. The summed E-state index contributed by atoms with van der Waals surface area (Å²) in [5, 5.41) is 2.07. The van der Waals surface area contributed by atoms with E-state index < -0.39 is 5.63 Å². The van der Waals surface area contributed by atoms with Crippen molar-refractivity contribution >= 4 is 32.8 Å². The van der Waals surface area contributed by atoms with Crippen molar-refractivity contribution in [2.45, 2.75) is 6.92 Å². The van der Waals surface area contributed by atoms with E-state index >= 15 is 0 Å². The van der Waals surface area contributed by atoms with Crippen molar-refractivity contribution in [2.75, 3.05) is 0 Å². The van der Waals surface area contributed by atoms with Gasteiger partial charge >= 0.3 is 5.63 Å². The third-order valence-electron chi connectivity index (χ3n) is 4.43. The Labute approximate surface area is 140 Å². The lowest BCUT2D eigenvalue weighted by Crippen LogP contribution is -2.04. The average Bonchev–Trinajstić information content (AvgIpc) is 2.60. The Balaban J connectivity index is 2.07. The van der Waals surface area contributed by atoms with Crippen LogP contribution in [0.15, 0.2) is 67.0 Å². The van der Waals surface area contributed by atoms with Crippen LogP contribution in [0.1, 0.15) is 5.56 Å². The van der Waals surface area contributed by atoms with Gasteiger partial charge in [-0.3, -0.25) is 4.79 Å². The summed E-state index contributed by atoms with van der Waals surface area (Å²) in [5.74, 6) is 0.436. The van der Waals surface area contributed by atoms with Crippen LogP contribution in [0.5, 0.6) is 0 Å². The highest BCUT2D eigenvalue weighted by atomic mass is 16.4. The molecule has 5 nitrogen and oxygen atoms in total. The van der Waals surface area contributed by atoms with Crippen molar-refractivity contribution in [3.8, 4) is 11.5 Å². The second-order valence-corrected chi connectivity index (χ2v) is 6.01. The maximum Gasteiger partial charge on any atom is 0.336 e. The summed E-state index contributed by atoms with van der Waals surface area (Å²) in [6, 6.07) is 13.6. The molecule has 1 aliphatic carbocycles. The van der Waals surface area contributed by atoms with Crippen LogP contribution in [0, 0.1) is 6.92 Å². The van der Waals surface area contributed by atoms with Crippen molar-refractivity contribution in [2.24, 2.45) is 0 Å². The van der Waals surface area contributed by atoms with Crippen LogP contribution >= 0.6 is 0 Å². The normalized spacial score (nSPS) is 11.7. The number of aryl methyl sites for hydroxylation is 1. The van der Waals surface area contributed by atoms with Crippen LogP contribution in [-0.4, -0.2) is 4.98 Å². The van der Waals surface area contributed by atoms with E-state index in [1.54, 1.807) is 18.2 Å². The third-order valence-corrected chi connectivity index (χ3v) is 4.43. The zero-order valence-corrected chi connectivity index (χ0v) is 13.2. The molecule has 0 atom stereocenters. The van der Waals surface area contributed by atoms with Gasteiger partial charge in [0.05, 0.1) is 5.39 Å². The topological polar surface area (TPSA) is 73.3 Å². The molecule has 0 saturated heterocycles. The maximum absolute atomic E-state index is 12.3. The standard InChI is InChI=1S/C20H11NO4/c1-10-8-17(23)25-14-6-7-15-20(18(10)14)21-19-12-5-3-2-4-11(12)13(22)9-16(19)24-15/h2-9H,1H3. The molecule has 0 saturated carbocycles. The van der Waals surface area contributed by atoms with Crippen LogP contribution in [0.2, 0.25) is 0 Å². The lowest BCUT2D eigenvalue weighted by Gasteiger charge is -2.11. The van der Waals surface area contributed by atoms with Crippen LogP contribution in [0.25, 0.3) is 44.3 Å². The highest BCUT2D eigenvalue weighted by molar-refractivity contribution is 6.05. The third kappa shape index (κ3) is 1.92. The largest absolute Gasteiger partial charge is 0.453 e. The van der Waals surface area contributed by atoms with Crippen LogP contribution < -0.4 is 11.1 Å². The molecule has 1 aromatic heterocycles. The predicted molar refractivity (Wildman–Crippen MR) is 95.2 cm³/mol. The average molecular weight is 329 g/mol. The molecule has 0 fully saturated rings.